The molecule has 5 unspecified atom stereocenters. The lowest BCUT2D eigenvalue weighted by molar-refractivity contribution is -0.132. The van der Waals surface area contributed by atoms with Gasteiger partial charge < -0.3 is 4.74 Å². The number of aryl methyl sites for hydroxylation is 1. The second-order valence-corrected chi connectivity index (χ2v) is 10.6. The van der Waals surface area contributed by atoms with Crippen molar-refractivity contribution in [2.75, 3.05) is 6.54 Å². The van der Waals surface area contributed by atoms with Crippen LogP contribution in [-0.4, -0.2) is 40.6 Å². The van der Waals surface area contributed by atoms with Gasteiger partial charge in [0, 0.05) is 36.8 Å². The third-order valence-electron chi connectivity index (χ3n) is 7.84. The van der Waals surface area contributed by atoms with Crippen molar-refractivity contribution in [1.29, 1.82) is 0 Å². The SMILES string of the molecule is CC(C)Oc1ccc(C2NNC3CCC(C(=O)NN4CCCC4CCc4ccccc4)CC32)cn1. The van der Waals surface area contributed by atoms with E-state index < -0.39 is 0 Å². The molecule has 1 aromatic heterocycles. The van der Waals surface area contributed by atoms with Crippen LogP contribution in [0.15, 0.2) is 48.7 Å². The van der Waals surface area contributed by atoms with Gasteiger partial charge in [0.05, 0.1) is 12.1 Å². The largest absolute Gasteiger partial charge is 0.475 e. The van der Waals surface area contributed by atoms with Gasteiger partial charge in [0.1, 0.15) is 0 Å². The van der Waals surface area contributed by atoms with E-state index in [1.807, 2.05) is 26.1 Å². The molecule has 188 valence electrons. The summed E-state index contributed by atoms with van der Waals surface area (Å²) in [5.74, 6) is 1.26. The number of fused-ring (bicyclic) bond motifs is 1. The molecular formula is C28H39N5O2. The summed E-state index contributed by atoms with van der Waals surface area (Å²) in [6, 6.07) is 15.7. The average molecular weight is 478 g/mol. The maximum atomic E-state index is 13.3. The third-order valence-corrected chi connectivity index (χ3v) is 7.84. The highest BCUT2D eigenvalue weighted by molar-refractivity contribution is 5.78. The Hall–Kier alpha value is -2.48. The molecule has 3 heterocycles. The Morgan fingerprint density at radius 3 is 2.77 bits per heavy atom. The quantitative estimate of drug-likeness (QED) is 0.535. The zero-order valence-corrected chi connectivity index (χ0v) is 21.0. The molecule has 7 heteroatoms. The predicted molar refractivity (Wildman–Crippen MR) is 136 cm³/mol. The van der Waals surface area contributed by atoms with Crippen LogP contribution in [0.3, 0.4) is 0 Å². The van der Waals surface area contributed by atoms with Gasteiger partial charge in [-0.2, -0.15) is 0 Å². The van der Waals surface area contributed by atoms with E-state index >= 15 is 0 Å². The molecule has 0 spiro atoms. The van der Waals surface area contributed by atoms with Crippen LogP contribution in [0.4, 0.5) is 0 Å². The van der Waals surface area contributed by atoms with Crippen molar-refractivity contribution in [3.05, 3.63) is 59.8 Å². The van der Waals surface area contributed by atoms with Gasteiger partial charge in [0.25, 0.3) is 0 Å². The number of nitrogens with zero attached hydrogens (tertiary/aromatic N) is 2. The van der Waals surface area contributed by atoms with E-state index in [1.165, 1.54) is 5.56 Å². The molecule has 0 radical (unpaired) electrons. The van der Waals surface area contributed by atoms with Crippen LogP contribution in [0.2, 0.25) is 0 Å². The summed E-state index contributed by atoms with van der Waals surface area (Å²) in [5.41, 5.74) is 12.8. The summed E-state index contributed by atoms with van der Waals surface area (Å²) in [4.78, 5) is 17.8. The van der Waals surface area contributed by atoms with Gasteiger partial charge in [0.15, 0.2) is 0 Å². The highest BCUT2D eigenvalue weighted by Crippen LogP contribution is 2.40. The zero-order valence-electron chi connectivity index (χ0n) is 21.0. The minimum absolute atomic E-state index is 0.0485. The molecule has 2 saturated heterocycles. The fraction of sp³-hybridized carbons (Fsp3) is 0.571. The van der Waals surface area contributed by atoms with Gasteiger partial charge in [-0.25, -0.2) is 15.4 Å². The number of hydrogen-bond donors (Lipinski definition) is 3. The first kappa shape index (κ1) is 24.2. The first-order chi connectivity index (χ1) is 17.1. The Morgan fingerprint density at radius 2 is 2.00 bits per heavy atom. The van der Waals surface area contributed by atoms with Crippen molar-refractivity contribution in [1.82, 2.24) is 26.3 Å². The molecule has 0 bridgehead atoms. The van der Waals surface area contributed by atoms with Crippen LogP contribution in [0.5, 0.6) is 5.88 Å². The maximum Gasteiger partial charge on any atom is 0.237 e. The number of hydrogen-bond acceptors (Lipinski definition) is 6. The number of hydrazine groups is 2. The van der Waals surface area contributed by atoms with Gasteiger partial charge in [-0.3, -0.25) is 15.6 Å². The molecule has 2 aromatic rings. The number of benzene rings is 1. The Kier molecular flexibility index (Phi) is 7.66. The highest BCUT2D eigenvalue weighted by atomic mass is 16.5. The highest BCUT2D eigenvalue weighted by Gasteiger charge is 2.43. The summed E-state index contributed by atoms with van der Waals surface area (Å²) >= 11 is 0. The van der Waals surface area contributed by atoms with Crippen molar-refractivity contribution >= 4 is 5.91 Å². The number of carbonyl (C=O) groups excluding carboxylic acids is 1. The lowest BCUT2D eigenvalue weighted by Crippen LogP contribution is -2.49. The summed E-state index contributed by atoms with van der Waals surface area (Å²) in [6.45, 7) is 4.96. The molecule has 3 fully saturated rings. The molecule has 7 nitrogen and oxygen atoms in total. The zero-order chi connectivity index (χ0) is 24.2. The molecule has 1 amide bonds. The van der Waals surface area contributed by atoms with Gasteiger partial charge in [-0.1, -0.05) is 36.4 Å². The summed E-state index contributed by atoms with van der Waals surface area (Å²) in [6.07, 6.45) is 9.27. The Bertz CT molecular complexity index is 967. The van der Waals surface area contributed by atoms with E-state index in [2.05, 4.69) is 62.7 Å². The summed E-state index contributed by atoms with van der Waals surface area (Å²) in [5, 5.41) is 2.22. The predicted octanol–water partition coefficient (Wildman–Crippen LogP) is 3.93. The number of amides is 1. The smallest absolute Gasteiger partial charge is 0.237 e. The molecule has 3 N–H and O–H groups in total. The molecule has 2 aliphatic heterocycles. The van der Waals surface area contributed by atoms with Gasteiger partial charge in [-0.15, -0.1) is 0 Å². The number of ether oxygens (including phenoxy) is 1. The second kappa shape index (κ2) is 11.1. The van der Waals surface area contributed by atoms with Crippen molar-refractivity contribution in [3.63, 3.8) is 0 Å². The van der Waals surface area contributed by atoms with Crippen LogP contribution in [0, 0.1) is 11.8 Å². The molecular weight excluding hydrogens is 438 g/mol. The Labute approximate surface area is 209 Å². The molecule has 1 saturated carbocycles. The van der Waals surface area contributed by atoms with Crippen molar-refractivity contribution < 1.29 is 9.53 Å². The molecule has 5 atom stereocenters. The van der Waals surface area contributed by atoms with Crippen LogP contribution in [0.1, 0.15) is 69.5 Å². The molecule has 5 rings (SSSR count). The first-order valence-electron chi connectivity index (χ1n) is 13.3. The Balaban J connectivity index is 1.17. The minimum Gasteiger partial charge on any atom is -0.475 e. The Morgan fingerprint density at radius 1 is 1.14 bits per heavy atom. The fourth-order valence-electron chi connectivity index (χ4n) is 6.01. The average Bonchev–Trinajstić information content (AvgIpc) is 3.50. The second-order valence-electron chi connectivity index (χ2n) is 10.6. The van der Waals surface area contributed by atoms with E-state index in [-0.39, 0.29) is 24.0 Å². The number of pyridine rings is 1. The summed E-state index contributed by atoms with van der Waals surface area (Å²) < 4.78 is 5.70. The van der Waals surface area contributed by atoms with E-state index in [0.29, 0.717) is 23.9 Å². The number of carbonyl (C=O) groups is 1. The number of nitrogens with one attached hydrogen (secondary N) is 3. The van der Waals surface area contributed by atoms with E-state index in [1.54, 1.807) is 0 Å². The first-order valence-corrected chi connectivity index (χ1v) is 13.3. The molecule has 1 aliphatic carbocycles. The lowest BCUT2D eigenvalue weighted by atomic mass is 9.74. The van der Waals surface area contributed by atoms with Gasteiger partial charge in [-0.05, 0) is 75.8 Å². The van der Waals surface area contributed by atoms with Crippen LogP contribution < -0.4 is 21.0 Å². The van der Waals surface area contributed by atoms with E-state index in [9.17, 15) is 4.79 Å². The van der Waals surface area contributed by atoms with Crippen molar-refractivity contribution in [2.45, 2.75) is 83.0 Å². The maximum absolute atomic E-state index is 13.3. The third kappa shape index (κ3) is 5.85. The molecule has 35 heavy (non-hydrogen) atoms. The molecule has 1 aromatic carbocycles. The lowest BCUT2D eigenvalue weighted by Gasteiger charge is -2.34. The van der Waals surface area contributed by atoms with Crippen LogP contribution in [0.25, 0.3) is 0 Å². The van der Waals surface area contributed by atoms with E-state index in [4.69, 9.17) is 4.74 Å². The minimum atomic E-state index is 0.0485. The molecule has 3 aliphatic rings. The van der Waals surface area contributed by atoms with Gasteiger partial charge in [0.2, 0.25) is 11.8 Å². The summed E-state index contributed by atoms with van der Waals surface area (Å²) in [7, 11) is 0. The normalized spacial score (nSPS) is 28.7. The van der Waals surface area contributed by atoms with Crippen LogP contribution in [-0.2, 0) is 11.2 Å². The van der Waals surface area contributed by atoms with Gasteiger partial charge >= 0.3 is 0 Å². The monoisotopic (exact) mass is 477 g/mol. The number of aromatic nitrogens is 1. The van der Waals surface area contributed by atoms with Crippen LogP contribution >= 0.6 is 0 Å². The fourth-order valence-corrected chi connectivity index (χ4v) is 6.01. The van der Waals surface area contributed by atoms with E-state index in [0.717, 1.165) is 57.1 Å². The van der Waals surface area contributed by atoms with Crippen molar-refractivity contribution in [2.24, 2.45) is 11.8 Å². The standard InChI is InChI=1S/C28H39N5O2/c1-19(2)35-26-15-12-22(18-29-26)27-24-17-21(11-14-25(24)30-31-27)28(34)32-33-16-6-9-23(33)13-10-20-7-4-3-5-8-20/h3-5,7-8,12,15,18-19,21,23-25,27,30-31H,6,9-11,13-14,16-17H2,1-2H3,(H,32,34). The number of rotatable bonds is 8. The topological polar surface area (TPSA) is 78.5 Å². The van der Waals surface area contributed by atoms with Crippen molar-refractivity contribution in [3.8, 4) is 5.88 Å².